The van der Waals surface area contributed by atoms with Crippen molar-refractivity contribution in [3.63, 3.8) is 0 Å². The molecule has 3 aromatic carbocycles. The van der Waals surface area contributed by atoms with E-state index >= 15 is 0 Å². The van der Waals surface area contributed by atoms with Crippen molar-refractivity contribution in [2.75, 3.05) is 0 Å². The van der Waals surface area contributed by atoms with Gasteiger partial charge in [-0.15, -0.1) is 0 Å². The van der Waals surface area contributed by atoms with Gasteiger partial charge in [-0.3, -0.25) is 0 Å². The fourth-order valence-electron chi connectivity index (χ4n) is 4.86. The molecule has 0 aromatic heterocycles. The lowest BCUT2D eigenvalue weighted by atomic mass is 9.77. The van der Waals surface area contributed by atoms with Crippen molar-refractivity contribution < 1.29 is 8.78 Å². The number of halogens is 2. The van der Waals surface area contributed by atoms with Crippen LogP contribution in [0.4, 0.5) is 8.78 Å². The Morgan fingerprint density at radius 3 is 2.24 bits per heavy atom. The minimum absolute atomic E-state index is 0.334. The molecule has 1 fully saturated rings. The number of rotatable bonds is 6. The summed E-state index contributed by atoms with van der Waals surface area (Å²) in [6.07, 6.45) is 10.8. The maximum Gasteiger partial charge on any atom is 0.166 e. The van der Waals surface area contributed by atoms with Crippen LogP contribution in [-0.4, -0.2) is 0 Å². The van der Waals surface area contributed by atoms with Crippen LogP contribution in [0.5, 0.6) is 0 Å². The summed E-state index contributed by atoms with van der Waals surface area (Å²) in [5.74, 6) is 0.0458. The quantitative estimate of drug-likeness (QED) is 0.368. The molecule has 0 N–H and O–H groups in total. The maximum atomic E-state index is 13.9. The molecular weight excluding hydrogens is 362 g/mol. The highest BCUT2D eigenvalue weighted by molar-refractivity contribution is 5.87. The molecule has 0 bridgehead atoms. The molecule has 0 aliphatic heterocycles. The van der Waals surface area contributed by atoms with Crippen molar-refractivity contribution in [2.45, 2.75) is 64.2 Å². The number of hydrogen-bond donors (Lipinski definition) is 0. The van der Waals surface area contributed by atoms with Crippen LogP contribution in [0.1, 0.15) is 69.8 Å². The van der Waals surface area contributed by atoms with Crippen molar-refractivity contribution in [3.05, 3.63) is 71.8 Å². The lowest BCUT2D eigenvalue weighted by molar-refractivity contribution is 0.303. The third-order valence-corrected chi connectivity index (χ3v) is 6.69. The predicted molar refractivity (Wildman–Crippen MR) is 118 cm³/mol. The summed E-state index contributed by atoms with van der Waals surface area (Å²) >= 11 is 0. The number of unbranched alkanes of at least 4 members (excludes halogenated alkanes) is 2. The molecule has 0 heterocycles. The van der Waals surface area contributed by atoms with Crippen LogP contribution in [0.3, 0.4) is 0 Å². The highest BCUT2D eigenvalue weighted by Crippen LogP contribution is 2.38. The number of hydrogen-bond acceptors (Lipinski definition) is 0. The second-order valence-corrected chi connectivity index (χ2v) is 8.63. The zero-order chi connectivity index (χ0) is 20.2. The van der Waals surface area contributed by atoms with E-state index in [1.807, 2.05) is 12.1 Å². The molecular formula is C27H30F2. The average molecular weight is 393 g/mol. The molecule has 0 nitrogen and oxygen atoms in total. The van der Waals surface area contributed by atoms with Crippen LogP contribution in [0.2, 0.25) is 0 Å². The molecule has 0 unspecified atom stereocenters. The average Bonchev–Trinajstić information content (AvgIpc) is 2.77. The van der Waals surface area contributed by atoms with Crippen LogP contribution in [0, 0.1) is 17.6 Å². The zero-order valence-corrected chi connectivity index (χ0v) is 17.3. The topological polar surface area (TPSA) is 0 Å². The van der Waals surface area contributed by atoms with Crippen LogP contribution >= 0.6 is 0 Å². The van der Waals surface area contributed by atoms with Gasteiger partial charge in [0.15, 0.2) is 11.6 Å². The minimum atomic E-state index is -0.797. The fraction of sp³-hybridized carbons (Fsp3) is 0.407. The third kappa shape index (κ3) is 4.52. The SMILES string of the molecule is CCCCCC1CCC(c2ccc(-c3ccc4c(F)c(F)ccc4c3)cc2)CC1. The third-order valence-electron chi connectivity index (χ3n) is 6.69. The molecule has 1 aliphatic carbocycles. The van der Waals surface area contributed by atoms with Gasteiger partial charge in [0, 0.05) is 5.39 Å². The summed E-state index contributed by atoms with van der Waals surface area (Å²) < 4.78 is 27.4. The molecule has 0 atom stereocenters. The molecule has 1 saturated carbocycles. The van der Waals surface area contributed by atoms with Gasteiger partial charge < -0.3 is 0 Å². The van der Waals surface area contributed by atoms with Gasteiger partial charge in [-0.05, 0) is 71.7 Å². The van der Waals surface area contributed by atoms with E-state index in [0.29, 0.717) is 11.3 Å². The molecule has 0 spiro atoms. The highest BCUT2D eigenvalue weighted by atomic mass is 19.2. The summed E-state index contributed by atoms with van der Waals surface area (Å²) in [7, 11) is 0. The van der Waals surface area contributed by atoms with Gasteiger partial charge in [-0.2, -0.15) is 0 Å². The molecule has 2 heteroatoms. The van der Waals surface area contributed by atoms with E-state index in [0.717, 1.165) is 22.4 Å². The summed E-state index contributed by atoms with van der Waals surface area (Å²) in [5.41, 5.74) is 3.60. The summed E-state index contributed by atoms with van der Waals surface area (Å²) in [6.45, 7) is 2.27. The Labute approximate surface area is 173 Å². The van der Waals surface area contributed by atoms with Gasteiger partial charge in [-0.1, -0.05) is 75.1 Å². The van der Waals surface area contributed by atoms with E-state index in [4.69, 9.17) is 0 Å². The Hall–Kier alpha value is -2.22. The summed E-state index contributed by atoms with van der Waals surface area (Å²) in [5, 5.41) is 1.06. The maximum absolute atomic E-state index is 13.9. The number of fused-ring (bicyclic) bond motifs is 1. The molecule has 152 valence electrons. The van der Waals surface area contributed by atoms with Gasteiger partial charge in [0.2, 0.25) is 0 Å². The monoisotopic (exact) mass is 392 g/mol. The van der Waals surface area contributed by atoms with E-state index in [9.17, 15) is 8.78 Å². The Balaban J connectivity index is 1.43. The lowest BCUT2D eigenvalue weighted by Crippen LogP contribution is -2.13. The van der Waals surface area contributed by atoms with Gasteiger partial charge >= 0.3 is 0 Å². The summed E-state index contributed by atoms with van der Waals surface area (Å²) in [6, 6.07) is 17.2. The molecule has 0 radical (unpaired) electrons. The summed E-state index contributed by atoms with van der Waals surface area (Å²) in [4.78, 5) is 0. The van der Waals surface area contributed by atoms with Crippen LogP contribution < -0.4 is 0 Å². The second-order valence-electron chi connectivity index (χ2n) is 8.63. The van der Waals surface area contributed by atoms with Crippen molar-refractivity contribution in [1.82, 2.24) is 0 Å². The van der Waals surface area contributed by atoms with Gasteiger partial charge in [0.25, 0.3) is 0 Å². The second kappa shape index (κ2) is 9.07. The lowest BCUT2D eigenvalue weighted by Gasteiger charge is -2.29. The Kier molecular flexibility index (Phi) is 6.28. The Morgan fingerprint density at radius 2 is 1.52 bits per heavy atom. The smallest absolute Gasteiger partial charge is 0.166 e. The van der Waals surface area contributed by atoms with Crippen molar-refractivity contribution in [2.24, 2.45) is 5.92 Å². The van der Waals surface area contributed by atoms with Gasteiger partial charge in [-0.25, -0.2) is 8.78 Å². The van der Waals surface area contributed by atoms with Crippen LogP contribution in [-0.2, 0) is 0 Å². The number of benzene rings is 3. The van der Waals surface area contributed by atoms with E-state index in [-0.39, 0.29) is 0 Å². The van der Waals surface area contributed by atoms with Gasteiger partial charge in [0.1, 0.15) is 0 Å². The largest absolute Gasteiger partial charge is 0.204 e. The van der Waals surface area contributed by atoms with E-state index in [1.54, 1.807) is 12.1 Å². The normalized spacial score (nSPS) is 19.6. The predicted octanol–water partition coefficient (Wildman–Crippen LogP) is 8.64. The van der Waals surface area contributed by atoms with E-state index in [1.165, 1.54) is 63.0 Å². The van der Waals surface area contributed by atoms with Crippen molar-refractivity contribution in [3.8, 4) is 11.1 Å². The molecule has 4 rings (SSSR count). The first kappa shape index (κ1) is 20.1. The van der Waals surface area contributed by atoms with Crippen molar-refractivity contribution in [1.29, 1.82) is 0 Å². The standard InChI is InChI=1S/C27H30F2/c1-2-3-4-5-19-6-8-20(9-7-19)21-10-12-22(13-11-21)23-14-16-25-24(18-23)15-17-26(28)27(25)29/h10-20H,2-9H2,1H3. The zero-order valence-electron chi connectivity index (χ0n) is 17.3. The molecule has 1 aliphatic rings. The van der Waals surface area contributed by atoms with E-state index in [2.05, 4.69) is 31.2 Å². The molecule has 0 amide bonds. The molecule has 3 aromatic rings. The Morgan fingerprint density at radius 1 is 0.793 bits per heavy atom. The molecule has 0 saturated heterocycles. The van der Waals surface area contributed by atoms with Crippen molar-refractivity contribution >= 4 is 10.8 Å². The van der Waals surface area contributed by atoms with Gasteiger partial charge in [0.05, 0.1) is 0 Å². The first-order chi connectivity index (χ1) is 14.2. The minimum Gasteiger partial charge on any atom is -0.204 e. The highest BCUT2D eigenvalue weighted by Gasteiger charge is 2.22. The Bertz CT molecular complexity index is 950. The first-order valence-electron chi connectivity index (χ1n) is 11.1. The van der Waals surface area contributed by atoms with E-state index < -0.39 is 11.6 Å². The molecule has 29 heavy (non-hydrogen) atoms. The van der Waals surface area contributed by atoms with Crippen LogP contribution in [0.25, 0.3) is 21.9 Å². The fourth-order valence-corrected chi connectivity index (χ4v) is 4.86. The first-order valence-corrected chi connectivity index (χ1v) is 11.1. The van der Waals surface area contributed by atoms with Crippen LogP contribution in [0.15, 0.2) is 54.6 Å².